The fourth-order valence-electron chi connectivity index (χ4n) is 1.85. The van der Waals surface area contributed by atoms with E-state index in [9.17, 15) is 0 Å². The van der Waals surface area contributed by atoms with Gasteiger partial charge in [-0.3, -0.25) is 0 Å². The summed E-state index contributed by atoms with van der Waals surface area (Å²) in [5.41, 5.74) is 11.0. The van der Waals surface area contributed by atoms with E-state index >= 15 is 0 Å². The molecule has 0 spiro atoms. The Kier molecular flexibility index (Phi) is 4.77. The van der Waals surface area contributed by atoms with Crippen molar-refractivity contribution in [3.05, 3.63) is 47.2 Å². The lowest BCUT2D eigenvalue weighted by atomic mass is 9.89. The Hall–Kier alpha value is -1.50. The average Bonchev–Trinajstić information content (AvgIpc) is 2.31. The van der Waals surface area contributed by atoms with Gasteiger partial charge in [0.2, 0.25) is 0 Å². The van der Waals surface area contributed by atoms with Crippen molar-refractivity contribution >= 4 is 11.6 Å². The number of nitrogens with two attached hydrogens (primary N) is 1. The Morgan fingerprint density at radius 2 is 1.83 bits per heavy atom. The largest absolute Gasteiger partial charge is 0.402 e. The van der Waals surface area contributed by atoms with Crippen LogP contribution < -0.4 is 5.73 Å². The molecule has 1 nitrogen and oxygen atoms in total. The van der Waals surface area contributed by atoms with Crippen LogP contribution in [-0.4, -0.2) is 0 Å². The highest BCUT2D eigenvalue weighted by molar-refractivity contribution is 5.74. The molecule has 0 bridgehead atoms. The van der Waals surface area contributed by atoms with Gasteiger partial charge in [-0.15, -0.1) is 0 Å². The van der Waals surface area contributed by atoms with Crippen LogP contribution in [0.3, 0.4) is 0 Å². The third-order valence-corrected chi connectivity index (χ3v) is 3.21. The summed E-state index contributed by atoms with van der Waals surface area (Å²) in [5.74, 6) is 0. The summed E-state index contributed by atoms with van der Waals surface area (Å²) in [6.07, 6.45) is 5.32. The number of hydrogen-bond donors (Lipinski definition) is 1. The maximum atomic E-state index is 6.18. The maximum absolute atomic E-state index is 6.18. The molecule has 0 fully saturated rings. The molecule has 0 amide bonds. The molecule has 18 heavy (non-hydrogen) atoms. The Labute approximate surface area is 111 Å². The third-order valence-electron chi connectivity index (χ3n) is 3.21. The number of benzene rings is 1. The zero-order valence-corrected chi connectivity index (χ0v) is 12.2. The van der Waals surface area contributed by atoms with E-state index in [0.29, 0.717) is 0 Å². The van der Waals surface area contributed by atoms with E-state index in [2.05, 4.69) is 71.0 Å². The van der Waals surface area contributed by atoms with Crippen LogP contribution in [0.2, 0.25) is 0 Å². The SMILES string of the molecule is C/C=C(/CC)c1ccccc1/C=C(\N)C(C)(C)C. The molecular formula is C17H25N. The highest BCUT2D eigenvalue weighted by Crippen LogP contribution is 2.27. The molecule has 0 aliphatic heterocycles. The van der Waals surface area contributed by atoms with Crippen molar-refractivity contribution in [1.29, 1.82) is 0 Å². The van der Waals surface area contributed by atoms with Crippen LogP contribution >= 0.6 is 0 Å². The van der Waals surface area contributed by atoms with Gasteiger partial charge in [0.1, 0.15) is 0 Å². The molecule has 0 aromatic heterocycles. The molecule has 0 saturated carbocycles. The van der Waals surface area contributed by atoms with E-state index in [1.165, 1.54) is 16.7 Å². The van der Waals surface area contributed by atoms with Gasteiger partial charge >= 0.3 is 0 Å². The lowest BCUT2D eigenvalue weighted by Crippen LogP contribution is -2.16. The van der Waals surface area contributed by atoms with Crippen LogP contribution in [0.15, 0.2) is 36.0 Å². The van der Waals surface area contributed by atoms with Crippen molar-refractivity contribution in [1.82, 2.24) is 0 Å². The van der Waals surface area contributed by atoms with Crippen LogP contribution in [0.4, 0.5) is 0 Å². The highest BCUT2D eigenvalue weighted by atomic mass is 14.6. The predicted octanol–water partition coefficient (Wildman–Crippen LogP) is 4.85. The first kappa shape index (κ1) is 14.6. The van der Waals surface area contributed by atoms with Gasteiger partial charge in [0, 0.05) is 11.1 Å². The molecule has 0 saturated heterocycles. The summed E-state index contributed by atoms with van der Waals surface area (Å²) in [6, 6.07) is 8.45. The van der Waals surface area contributed by atoms with Crippen LogP contribution in [0.25, 0.3) is 11.6 Å². The summed E-state index contributed by atoms with van der Waals surface area (Å²) in [5, 5.41) is 0. The van der Waals surface area contributed by atoms with Gasteiger partial charge < -0.3 is 5.73 Å². The van der Waals surface area contributed by atoms with Crippen LogP contribution in [-0.2, 0) is 0 Å². The van der Waals surface area contributed by atoms with Crippen molar-refractivity contribution in [2.75, 3.05) is 0 Å². The van der Waals surface area contributed by atoms with Crippen molar-refractivity contribution in [2.45, 2.75) is 41.0 Å². The fourth-order valence-corrected chi connectivity index (χ4v) is 1.85. The lowest BCUT2D eigenvalue weighted by molar-refractivity contribution is 0.501. The van der Waals surface area contributed by atoms with E-state index < -0.39 is 0 Å². The summed E-state index contributed by atoms with van der Waals surface area (Å²) in [7, 11) is 0. The zero-order valence-electron chi connectivity index (χ0n) is 12.2. The van der Waals surface area contributed by atoms with Gasteiger partial charge in [0.15, 0.2) is 0 Å². The van der Waals surface area contributed by atoms with Crippen LogP contribution in [0.5, 0.6) is 0 Å². The number of hydrogen-bond acceptors (Lipinski definition) is 1. The molecule has 1 aromatic carbocycles. The summed E-state index contributed by atoms with van der Waals surface area (Å²) < 4.78 is 0. The fraction of sp³-hybridized carbons (Fsp3) is 0.412. The second kappa shape index (κ2) is 5.90. The van der Waals surface area contributed by atoms with Gasteiger partial charge in [-0.05, 0) is 36.1 Å². The van der Waals surface area contributed by atoms with Gasteiger partial charge in [0.25, 0.3) is 0 Å². The molecule has 0 heterocycles. The third kappa shape index (κ3) is 3.49. The normalized spacial score (nSPS) is 13.8. The monoisotopic (exact) mass is 243 g/mol. The van der Waals surface area contributed by atoms with Crippen molar-refractivity contribution < 1.29 is 0 Å². The minimum absolute atomic E-state index is 0.00934. The molecule has 98 valence electrons. The van der Waals surface area contributed by atoms with E-state index in [0.717, 1.165) is 12.1 Å². The molecule has 1 heteroatoms. The Morgan fingerprint density at radius 3 is 2.33 bits per heavy atom. The standard InChI is InChI=1S/C17H25N/c1-6-13(7-2)15-11-9-8-10-14(15)12-16(18)17(3,4)5/h6,8-12H,7,18H2,1-5H3/b13-6-,16-12-. The van der Waals surface area contributed by atoms with E-state index in [1.807, 2.05) is 0 Å². The molecule has 0 aliphatic rings. The van der Waals surface area contributed by atoms with Gasteiger partial charge in [-0.1, -0.05) is 58.0 Å². The molecule has 0 atom stereocenters. The second-order valence-electron chi connectivity index (χ2n) is 5.60. The zero-order chi connectivity index (χ0) is 13.8. The number of allylic oxidation sites excluding steroid dienone is 3. The predicted molar refractivity (Wildman–Crippen MR) is 82.0 cm³/mol. The van der Waals surface area contributed by atoms with Gasteiger partial charge in [0.05, 0.1) is 0 Å². The molecule has 1 rings (SSSR count). The smallest absolute Gasteiger partial charge is 0.0141 e. The first-order valence-electron chi connectivity index (χ1n) is 6.62. The molecule has 0 aliphatic carbocycles. The van der Waals surface area contributed by atoms with Crippen molar-refractivity contribution in [2.24, 2.45) is 11.1 Å². The molecule has 2 N–H and O–H groups in total. The summed E-state index contributed by atoms with van der Waals surface area (Å²) >= 11 is 0. The topological polar surface area (TPSA) is 26.0 Å². The molecule has 1 aromatic rings. The van der Waals surface area contributed by atoms with Gasteiger partial charge in [-0.2, -0.15) is 0 Å². The quantitative estimate of drug-likeness (QED) is 0.807. The highest BCUT2D eigenvalue weighted by Gasteiger charge is 2.14. The maximum Gasteiger partial charge on any atom is 0.0141 e. The summed E-state index contributed by atoms with van der Waals surface area (Å²) in [6.45, 7) is 10.7. The Morgan fingerprint density at radius 1 is 1.22 bits per heavy atom. The first-order valence-corrected chi connectivity index (χ1v) is 6.62. The summed E-state index contributed by atoms with van der Waals surface area (Å²) in [4.78, 5) is 0. The van der Waals surface area contributed by atoms with Crippen molar-refractivity contribution in [3.8, 4) is 0 Å². The van der Waals surface area contributed by atoms with E-state index in [-0.39, 0.29) is 5.41 Å². The van der Waals surface area contributed by atoms with E-state index in [4.69, 9.17) is 5.73 Å². The Balaban J connectivity index is 3.27. The molecule has 0 unspecified atom stereocenters. The minimum Gasteiger partial charge on any atom is -0.402 e. The molecular weight excluding hydrogens is 218 g/mol. The van der Waals surface area contributed by atoms with Crippen LogP contribution in [0, 0.1) is 5.41 Å². The first-order chi connectivity index (χ1) is 8.40. The molecule has 0 radical (unpaired) electrons. The minimum atomic E-state index is 0.00934. The second-order valence-corrected chi connectivity index (χ2v) is 5.60. The van der Waals surface area contributed by atoms with E-state index in [1.54, 1.807) is 0 Å². The number of rotatable bonds is 3. The lowest BCUT2D eigenvalue weighted by Gasteiger charge is -2.20. The van der Waals surface area contributed by atoms with Crippen molar-refractivity contribution in [3.63, 3.8) is 0 Å². The average molecular weight is 243 g/mol. The van der Waals surface area contributed by atoms with Crippen LogP contribution in [0.1, 0.15) is 52.2 Å². The van der Waals surface area contributed by atoms with Gasteiger partial charge in [-0.25, -0.2) is 0 Å². The Bertz CT molecular complexity index is 459.